The Balaban J connectivity index is 1.40. The summed E-state index contributed by atoms with van der Waals surface area (Å²) in [6, 6.07) is 2.95. The van der Waals surface area contributed by atoms with E-state index in [2.05, 4.69) is 10.2 Å². The van der Waals surface area contributed by atoms with Crippen LogP contribution in [-0.4, -0.2) is 82.0 Å². The number of amides is 1. The molecule has 2 saturated heterocycles. The minimum Gasteiger partial charge on any atom is -0.507 e. The fourth-order valence-corrected chi connectivity index (χ4v) is 4.33. The Bertz CT molecular complexity index is 830. The van der Waals surface area contributed by atoms with Crippen LogP contribution in [0.15, 0.2) is 12.1 Å². The van der Waals surface area contributed by atoms with Crippen molar-refractivity contribution in [1.29, 1.82) is 0 Å². The van der Waals surface area contributed by atoms with Crippen molar-refractivity contribution >= 4 is 19.0 Å². The molecule has 0 unspecified atom stereocenters. The summed E-state index contributed by atoms with van der Waals surface area (Å²) in [7, 11) is -1.50. The van der Waals surface area contributed by atoms with E-state index in [1.54, 1.807) is 6.07 Å². The maximum Gasteiger partial charge on any atom is 0.455 e. The molecule has 4 rings (SSSR count). The standard InChI is InChI=1S/C18H24BN3O7/c20-17(24)13-3-8(5-21-13)22-6-9(7-22)29-14-2-1-10(11-4-12(11)19(27)28)16(23)15(14)18(25)26/h1-2,8-9,11-13,21,23,27-28H,3-7H2,(H2,20,24)(H,25,26)/t8-,11+,12+,13+/m1/s1. The molecule has 0 aromatic heterocycles. The molecule has 7 N–H and O–H groups in total. The lowest BCUT2D eigenvalue weighted by Gasteiger charge is -2.42. The van der Waals surface area contributed by atoms with E-state index >= 15 is 0 Å². The Labute approximate surface area is 167 Å². The fourth-order valence-electron chi connectivity index (χ4n) is 4.33. The number of phenols is 1. The van der Waals surface area contributed by atoms with Gasteiger partial charge in [-0.05, 0) is 30.4 Å². The second kappa shape index (κ2) is 7.49. The first-order chi connectivity index (χ1) is 13.8. The van der Waals surface area contributed by atoms with Gasteiger partial charge in [0.25, 0.3) is 0 Å². The molecule has 0 radical (unpaired) electrons. The molecule has 156 valence electrons. The number of nitrogens with two attached hydrogens (primary N) is 1. The second-order valence-electron chi connectivity index (χ2n) is 8.05. The Hall–Kier alpha value is -2.34. The number of hydrogen-bond acceptors (Lipinski definition) is 8. The van der Waals surface area contributed by atoms with Crippen LogP contribution < -0.4 is 15.8 Å². The van der Waals surface area contributed by atoms with Crippen molar-refractivity contribution in [3.63, 3.8) is 0 Å². The number of carboxylic acids is 1. The Morgan fingerprint density at radius 2 is 1.97 bits per heavy atom. The summed E-state index contributed by atoms with van der Waals surface area (Å²) >= 11 is 0. The molecule has 10 nitrogen and oxygen atoms in total. The second-order valence-corrected chi connectivity index (χ2v) is 8.05. The summed E-state index contributed by atoms with van der Waals surface area (Å²) in [4.78, 5) is 25.1. The molecule has 3 aliphatic rings. The summed E-state index contributed by atoms with van der Waals surface area (Å²) in [6.45, 7) is 1.83. The molecule has 2 heterocycles. The van der Waals surface area contributed by atoms with E-state index in [1.807, 2.05) is 0 Å². The number of carbonyl (C=O) groups excluding carboxylic acids is 1. The van der Waals surface area contributed by atoms with E-state index in [-0.39, 0.29) is 47.1 Å². The highest BCUT2D eigenvalue weighted by atomic mass is 16.5. The van der Waals surface area contributed by atoms with Gasteiger partial charge in [0.1, 0.15) is 23.2 Å². The molecule has 1 aromatic carbocycles. The minimum absolute atomic E-state index is 0.0877. The van der Waals surface area contributed by atoms with Gasteiger partial charge in [0.2, 0.25) is 5.91 Å². The molecular weight excluding hydrogens is 381 g/mol. The van der Waals surface area contributed by atoms with Crippen molar-refractivity contribution in [2.75, 3.05) is 19.6 Å². The van der Waals surface area contributed by atoms with Crippen LogP contribution in [0.5, 0.6) is 11.5 Å². The van der Waals surface area contributed by atoms with Crippen molar-refractivity contribution < 1.29 is 34.6 Å². The first-order valence-electron chi connectivity index (χ1n) is 9.65. The zero-order valence-electron chi connectivity index (χ0n) is 15.7. The van der Waals surface area contributed by atoms with E-state index in [9.17, 15) is 29.9 Å². The van der Waals surface area contributed by atoms with Gasteiger partial charge in [0.05, 0.1) is 6.04 Å². The highest BCUT2D eigenvalue weighted by Gasteiger charge is 2.48. The number of hydrogen-bond donors (Lipinski definition) is 6. The zero-order chi connectivity index (χ0) is 20.9. The number of carbonyl (C=O) groups is 2. The number of benzene rings is 1. The molecule has 1 saturated carbocycles. The summed E-state index contributed by atoms with van der Waals surface area (Å²) in [5.74, 6) is -2.66. The van der Waals surface area contributed by atoms with Crippen LogP contribution in [0.25, 0.3) is 0 Å². The number of carboxylic acid groups (broad SMARTS) is 1. The van der Waals surface area contributed by atoms with Gasteiger partial charge in [0, 0.05) is 31.5 Å². The Kier molecular flexibility index (Phi) is 5.15. The molecule has 11 heteroatoms. The first kappa shape index (κ1) is 20.0. The van der Waals surface area contributed by atoms with Crippen LogP contribution in [0.4, 0.5) is 0 Å². The van der Waals surface area contributed by atoms with Gasteiger partial charge in [-0.2, -0.15) is 0 Å². The molecule has 0 bridgehead atoms. The number of likely N-dealkylation sites (tertiary alicyclic amines) is 1. The van der Waals surface area contributed by atoms with Crippen LogP contribution in [0.1, 0.15) is 34.7 Å². The van der Waals surface area contributed by atoms with Crippen LogP contribution in [0.3, 0.4) is 0 Å². The average molecular weight is 405 g/mol. The Morgan fingerprint density at radius 1 is 1.24 bits per heavy atom. The highest BCUT2D eigenvalue weighted by Crippen LogP contribution is 2.56. The quantitative estimate of drug-likeness (QED) is 0.302. The smallest absolute Gasteiger partial charge is 0.455 e. The number of aromatic hydroxyl groups is 1. The normalized spacial score (nSPS) is 29.3. The number of ether oxygens (including phenoxy) is 1. The predicted molar refractivity (Wildman–Crippen MR) is 102 cm³/mol. The number of primary amides is 1. The molecule has 4 atom stereocenters. The first-order valence-corrected chi connectivity index (χ1v) is 9.65. The predicted octanol–water partition coefficient (Wildman–Crippen LogP) is -1.30. The van der Waals surface area contributed by atoms with Crippen LogP contribution in [0.2, 0.25) is 5.82 Å². The van der Waals surface area contributed by atoms with Crippen molar-refractivity contribution in [2.45, 2.75) is 42.8 Å². The van der Waals surface area contributed by atoms with Crippen LogP contribution >= 0.6 is 0 Å². The maximum atomic E-state index is 11.7. The lowest BCUT2D eigenvalue weighted by Crippen LogP contribution is -2.58. The molecule has 1 aliphatic carbocycles. The minimum atomic E-state index is -1.50. The molecule has 29 heavy (non-hydrogen) atoms. The lowest BCUT2D eigenvalue weighted by atomic mass is 9.81. The third-order valence-corrected chi connectivity index (χ3v) is 6.14. The van der Waals surface area contributed by atoms with E-state index in [1.165, 1.54) is 6.07 Å². The number of rotatable bonds is 7. The van der Waals surface area contributed by atoms with E-state index in [0.29, 0.717) is 38.0 Å². The molecule has 0 spiro atoms. The van der Waals surface area contributed by atoms with Crippen molar-refractivity contribution in [2.24, 2.45) is 5.73 Å². The van der Waals surface area contributed by atoms with Crippen LogP contribution in [-0.2, 0) is 4.79 Å². The maximum absolute atomic E-state index is 11.7. The number of nitrogens with one attached hydrogen (secondary N) is 1. The molecule has 1 aromatic rings. The van der Waals surface area contributed by atoms with Crippen molar-refractivity contribution in [3.8, 4) is 11.5 Å². The monoisotopic (exact) mass is 405 g/mol. The van der Waals surface area contributed by atoms with Gasteiger partial charge >= 0.3 is 13.1 Å². The summed E-state index contributed by atoms with van der Waals surface area (Å²) in [5.41, 5.74) is 5.40. The van der Waals surface area contributed by atoms with E-state index in [4.69, 9.17) is 10.5 Å². The molecule has 2 aliphatic heterocycles. The molecular formula is C18H24BN3O7. The van der Waals surface area contributed by atoms with Crippen molar-refractivity contribution in [3.05, 3.63) is 23.3 Å². The summed E-state index contributed by atoms with van der Waals surface area (Å²) in [5, 5.41) is 41.6. The SMILES string of the molecule is NC(=O)[C@@H]1C[C@@H](N2CC(Oc3ccc([C@@H]4C[C@@H]4B(O)O)c(O)c3C(=O)O)C2)CN1. The van der Waals surface area contributed by atoms with Gasteiger partial charge < -0.3 is 36.0 Å². The van der Waals surface area contributed by atoms with E-state index in [0.717, 1.165) is 0 Å². The van der Waals surface area contributed by atoms with Gasteiger partial charge in [-0.3, -0.25) is 9.69 Å². The van der Waals surface area contributed by atoms with Crippen molar-refractivity contribution in [1.82, 2.24) is 10.2 Å². The Morgan fingerprint density at radius 3 is 2.52 bits per heavy atom. The van der Waals surface area contributed by atoms with Gasteiger partial charge in [-0.15, -0.1) is 0 Å². The number of nitrogens with zero attached hydrogens (tertiary/aromatic N) is 1. The largest absolute Gasteiger partial charge is 0.507 e. The molecule has 3 fully saturated rings. The third-order valence-electron chi connectivity index (χ3n) is 6.14. The third kappa shape index (κ3) is 3.78. The fraction of sp³-hybridized carbons (Fsp3) is 0.556. The van der Waals surface area contributed by atoms with Crippen LogP contribution in [0, 0.1) is 0 Å². The van der Waals surface area contributed by atoms with Gasteiger partial charge in [0.15, 0.2) is 0 Å². The summed E-state index contributed by atoms with van der Waals surface area (Å²) < 4.78 is 5.82. The van der Waals surface area contributed by atoms with Gasteiger partial charge in [-0.25, -0.2) is 4.79 Å². The molecule has 1 amide bonds. The van der Waals surface area contributed by atoms with Gasteiger partial charge in [-0.1, -0.05) is 6.07 Å². The topological polar surface area (TPSA) is 166 Å². The highest BCUT2D eigenvalue weighted by molar-refractivity contribution is 6.44. The lowest BCUT2D eigenvalue weighted by molar-refractivity contribution is -0.119. The summed E-state index contributed by atoms with van der Waals surface area (Å²) in [6.07, 6.45) is 0.889. The average Bonchev–Trinajstić information content (AvgIpc) is 3.26. The number of aromatic carboxylic acids is 1. The zero-order valence-corrected chi connectivity index (χ0v) is 15.7. The van der Waals surface area contributed by atoms with E-state index < -0.39 is 18.9 Å².